The molecule has 0 radical (unpaired) electrons. The molecule has 1 unspecified atom stereocenters. The first-order valence-corrected chi connectivity index (χ1v) is 8.27. The highest BCUT2D eigenvalue weighted by molar-refractivity contribution is 6.31. The van der Waals surface area contributed by atoms with Crippen molar-refractivity contribution in [3.8, 4) is 11.5 Å². The summed E-state index contributed by atoms with van der Waals surface area (Å²) in [7, 11) is 0. The van der Waals surface area contributed by atoms with E-state index in [1.165, 1.54) is 5.57 Å². The molecule has 0 bridgehead atoms. The van der Waals surface area contributed by atoms with E-state index in [0.29, 0.717) is 28.7 Å². The number of Topliss-reactive ketones (excluding diaryl/α,β-unsaturated/α-hetero) is 1. The number of halogens is 1. The summed E-state index contributed by atoms with van der Waals surface area (Å²) in [6.07, 6.45) is 1.92. The highest BCUT2D eigenvalue weighted by atomic mass is 35.5. The topological polar surface area (TPSA) is 35.5 Å². The maximum Gasteiger partial charge on any atom is 0.170 e. The molecule has 24 heavy (non-hydrogen) atoms. The summed E-state index contributed by atoms with van der Waals surface area (Å²) < 4.78 is 11.7. The third-order valence-corrected chi connectivity index (χ3v) is 4.23. The van der Waals surface area contributed by atoms with Crippen LogP contribution in [0.15, 0.2) is 54.1 Å². The maximum absolute atomic E-state index is 12.4. The highest BCUT2D eigenvalue weighted by Gasteiger charge is 2.29. The molecule has 0 aliphatic carbocycles. The number of ketones is 1. The molecule has 4 heteroatoms. The number of carbonyl (C=O) groups is 1. The van der Waals surface area contributed by atoms with Gasteiger partial charge >= 0.3 is 0 Å². The van der Waals surface area contributed by atoms with E-state index in [1.54, 1.807) is 24.3 Å². The van der Waals surface area contributed by atoms with Crippen molar-refractivity contribution in [1.82, 2.24) is 0 Å². The number of fused-ring (bicyclic) bond motifs is 1. The zero-order valence-corrected chi connectivity index (χ0v) is 14.5. The Morgan fingerprint density at radius 3 is 2.83 bits per heavy atom. The quantitative estimate of drug-likeness (QED) is 0.699. The van der Waals surface area contributed by atoms with E-state index < -0.39 is 0 Å². The molecule has 0 spiro atoms. The zero-order valence-electron chi connectivity index (χ0n) is 13.7. The van der Waals surface area contributed by atoms with Gasteiger partial charge in [-0.25, -0.2) is 0 Å². The van der Waals surface area contributed by atoms with E-state index in [2.05, 4.69) is 0 Å². The Hall–Kier alpha value is -2.26. The average molecular weight is 343 g/mol. The molecule has 1 aliphatic heterocycles. The number of benzene rings is 2. The van der Waals surface area contributed by atoms with Crippen molar-refractivity contribution in [2.24, 2.45) is 0 Å². The first-order valence-electron chi connectivity index (χ1n) is 7.89. The number of hydrogen-bond donors (Lipinski definition) is 0. The molecule has 1 atom stereocenters. The van der Waals surface area contributed by atoms with E-state index in [1.807, 2.05) is 38.1 Å². The first-order chi connectivity index (χ1) is 11.5. The lowest BCUT2D eigenvalue weighted by atomic mass is 9.96. The fourth-order valence-electron chi connectivity index (χ4n) is 2.61. The fraction of sp³-hybridized carbons (Fsp3) is 0.250. The molecule has 0 N–H and O–H groups in total. The minimum absolute atomic E-state index is 0.0528. The van der Waals surface area contributed by atoms with Gasteiger partial charge in [-0.3, -0.25) is 4.79 Å². The van der Waals surface area contributed by atoms with E-state index in [9.17, 15) is 4.79 Å². The van der Waals surface area contributed by atoms with E-state index >= 15 is 0 Å². The summed E-state index contributed by atoms with van der Waals surface area (Å²) in [5, 5.41) is 0.606. The fourth-order valence-corrected chi connectivity index (χ4v) is 2.87. The summed E-state index contributed by atoms with van der Waals surface area (Å²) >= 11 is 6.24. The van der Waals surface area contributed by atoms with Crippen molar-refractivity contribution in [3.05, 3.63) is 70.3 Å². The number of carbonyl (C=O) groups excluding carboxylic acids is 1. The van der Waals surface area contributed by atoms with E-state index in [-0.39, 0.29) is 18.3 Å². The second-order valence-corrected chi connectivity index (χ2v) is 6.41. The van der Waals surface area contributed by atoms with Crippen LogP contribution < -0.4 is 9.47 Å². The van der Waals surface area contributed by atoms with Crippen LogP contribution in [0.1, 0.15) is 42.3 Å². The molecule has 3 nitrogen and oxygen atoms in total. The standard InChI is InChI=1S/C20H19ClO3/c1-13(2)9-10-23-14-7-8-16-18(22)12-20(24-19(16)11-14)15-5-3-4-6-17(15)21/h3-9,11,20H,10,12H2,1-2H3. The Balaban J connectivity index is 1.84. The predicted molar refractivity (Wildman–Crippen MR) is 95.1 cm³/mol. The molecule has 0 fully saturated rings. The second kappa shape index (κ2) is 7.10. The van der Waals surface area contributed by atoms with Gasteiger partial charge < -0.3 is 9.47 Å². The Bertz CT molecular complexity index is 791. The average Bonchev–Trinajstić information content (AvgIpc) is 2.54. The van der Waals surface area contributed by atoms with Crippen LogP contribution in [-0.2, 0) is 0 Å². The molecule has 0 amide bonds. The Morgan fingerprint density at radius 2 is 2.08 bits per heavy atom. The molecule has 2 aromatic carbocycles. The highest BCUT2D eigenvalue weighted by Crippen LogP contribution is 2.38. The monoisotopic (exact) mass is 342 g/mol. The van der Waals surface area contributed by atoms with Gasteiger partial charge in [0.05, 0.1) is 12.0 Å². The molecule has 3 rings (SSSR count). The van der Waals surface area contributed by atoms with Crippen molar-refractivity contribution in [1.29, 1.82) is 0 Å². The van der Waals surface area contributed by atoms with Crippen molar-refractivity contribution in [2.45, 2.75) is 26.4 Å². The third kappa shape index (κ3) is 3.62. The second-order valence-electron chi connectivity index (χ2n) is 6.01. The lowest BCUT2D eigenvalue weighted by Gasteiger charge is -2.26. The van der Waals surface area contributed by atoms with Crippen molar-refractivity contribution in [3.63, 3.8) is 0 Å². The Morgan fingerprint density at radius 1 is 1.29 bits per heavy atom. The van der Waals surface area contributed by atoms with Crippen LogP contribution in [0.2, 0.25) is 5.02 Å². The van der Waals surface area contributed by atoms with Crippen molar-refractivity contribution in [2.75, 3.05) is 6.61 Å². The molecular formula is C20H19ClO3. The summed E-state index contributed by atoms with van der Waals surface area (Å²) in [6, 6.07) is 12.8. The summed E-state index contributed by atoms with van der Waals surface area (Å²) in [5.74, 6) is 1.28. The van der Waals surface area contributed by atoms with Crippen LogP contribution in [-0.4, -0.2) is 12.4 Å². The number of allylic oxidation sites excluding steroid dienone is 1. The maximum atomic E-state index is 12.4. The van der Waals surface area contributed by atoms with E-state index in [0.717, 1.165) is 5.56 Å². The molecule has 0 saturated heterocycles. The van der Waals surface area contributed by atoms with Crippen molar-refractivity contribution >= 4 is 17.4 Å². The van der Waals surface area contributed by atoms with E-state index in [4.69, 9.17) is 21.1 Å². The lowest BCUT2D eigenvalue weighted by molar-refractivity contribution is 0.0849. The van der Waals surface area contributed by atoms with Gasteiger partial charge in [0.25, 0.3) is 0 Å². The molecular weight excluding hydrogens is 324 g/mol. The number of hydrogen-bond acceptors (Lipinski definition) is 3. The van der Waals surface area contributed by atoms with Gasteiger partial charge in [-0.05, 0) is 38.1 Å². The third-order valence-electron chi connectivity index (χ3n) is 3.89. The normalized spacial score (nSPS) is 16.1. The molecule has 1 aliphatic rings. The number of rotatable bonds is 4. The minimum Gasteiger partial charge on any atom is -0.489 e. The predicted octanol–water partition coefficient (Wildman–Crippen LogP) is 5.39. The zero-order chi connectivity index (χ0) is 17.1. The van der Waals surface area contributed by atoms with Gasteiger partial charge in [0, 0.05) is 16.7 Å². The van der Waals surface area contributed by atoms with Crippen LogP contribution in [0, 0.1) is 0 Å². The Labute approximate surface area is 146 Å². The SMILES string of the molecule is CC(C)=CCOc1ccc2c(c1)OC(c1ccccc1Cl)CC2=O. The van der Waals surface area contributed by atoms with Gasteiger partial charge in [0.2, 0.25) is 0 Å². The Kier molecular flexibility index (Phi) is 4.91. The first kappa shape index (κ1) is 16.6. The molecule has 124 valence electrons. The summed E-state index contributed by atoms with van der Waals surface area (Å²) in [6.45, 7) is 4.53. The van der Waals surface area contributed by atoms with Gasteiger partial charge in [-0.15, -0.1) is 0 Å². The van der Waals surface area contributed by atoms with Crippen LogP contribution in [0.5, 0.6) is 11.5 Å². The van der Waals surface area contributed by atoms with Crippen molar-refractivity contribution < 1.29 is 14.3 Å². The molecule has 2 aromatic rings. The smallest absolute Gasteiger partial charge is 0.170 e. The van der Waals surface area contributed by atoms with Crippen LogP contribution in [0.25, 0.3) is 0 Å². The van der Waals surface area contributed by atoms with Crippen LogP contribution >= 0.6 is 11.6 Å². The van der Waals surface area contributed by atoms with Gasteiger partial charge in [-0.2, -0.15) is 0 Å². The van der Waals surface area contributed by atoms with Crippen LogP contribution in [0.4, 0.5) is 0 Å². The van der Waals surface area contributed by atoms with Gasteiger partial charge in [-0.1, -0.05) is 35.4 Å². The summed E-state index contributed by atoms with van der Waals surface area (Å²) in [5.41, 5.74) is 2.61. The largest absolute Gasteiger partial charge is 0.489 e. The lowest BCUT2D eigenvalue weighted by Crippen LogP contribution is -2.20. The van der Waals surface area contributed by atoms with Crippen LogP contribution in [0.3, 0.4) is 0 Å². The minimum atomic E-state index is -0.369. The molecule has 1 heterocycles. The molecule has 0 saturated carbocycles. The number of ether oxygens (including phenoxy) is 2. The molecule has 0 aromatic heterocycles. The summed E-state index contributed by atoms with van der Waals surface area (Å²) in [4.78, 5) is 12.4. The van der Waals surface area contributed by atoms with Gasteiger partial charge in [0.15, 0.2) is 5.78 Å². The van der Waals surface area contributed by atoms with Gasteiger partial charge in [0.1, 0.15) is 24.2 Å².